The summed E-state index contributed by atoms with van der Waals surface area (Å²) >= 11 is 0. The monoisotopic (exact) mass is 424 g/mol. The van der Waals surface area contributed by atoms with Crippen molar-refractivity contribution in [1.82, 2.24) is 10.6 Å². The van der Waals surface area contributed by atoms with E-state index in [4.69, 9.17) is 4.74 Å². The number of ether oxygens (including phenoxy) is 1. The van der Waals surface area contributed by atoms with Gasteiger partial charge in [0, 0.05) is 13.5 Å². The smallest absolute Gasteiger partial charge is 0.258 e. The molecule has 5 nitrogen and oxygen atoms in total. The molecule has 0 aliphatic rings. The average Bonchev–Trinajstić information content (AvgIpc) is 2.79. The predicted octanol–water partition coefficient (Wildman–Crippen LogP) is 3.54. The van der Waals surface area contributed by atoms with Crippen LogP contribution in [-0.2, 0) is 16.0 Å². The summed E-state index contributed by atoms with van der Waals surface area (Å²) < 4.78 is 32.5. The third kappa shape index (κ3) is 5.88. The fraction of sp³-hybridized carbons (Fsp3) is 0.167. The number of para-hydroxylation sites is 1. The summed E-state index contributed by atoms with van der Waals surface area (Å²) in [5.74, 6) is -2.74. The predicted molar refractivity (Wildman–Crippen MR) is 112 cm³/mol. The van der Waals surface area contributed by atoms with Gasteiger partial charge < -0.3 is 15.4 Å². The van der Waals surface area contributed by atoms with Crippen LogP contribution in [0.2, 0.25) is 0 Å². The van der Waals surface area contributed by atoms with Crippen LogP contribution in [0.15, 0.2) is 72.8 Å². The lowest BCUT2D eigenvalue weighted by Gasteiger charge is -2.18. The number of hydrogen-bond donors (Lipinski definition) is 2. The van der Waals surface area contributed by atoms with Gasteiger partial charge in [-0.15, -0.1) is 0 Å². The highest BCUT2D eigenvalue weighted by Crippen LogP contribution is 2.22. The van der Waals surface area contributed by atoms with Gasteiger partial charge in [0.2, 0.25) is 5.91 Å². The van der Waals surface area contributed by atoms with Crippen LogP contribution < -0.4 is 15.4 Å². The maximum atomic E-state index is 13.6. The first-order chi connectivity index (χ1) is 15.0. The van der Waals surface area contributed by atoms with Crippen LogP contribution in [0.25, 0.3) is 0 Å². The third-order valence-electron chi connectivity index (χ3n) is 4.66. The molecule has 3 aromatic carbocycles. The minimum absolute atomic E-state index is 0.121. The van der Waals surface area contributed by atoms with E-state index in [2.05, 4.69) is 10.6 Å². The quantitative estimate of drug-likeness (QED) is 0.581. The molecule has 3 rings (SSSR count). The molecule has 0 aromatic heterocycles. The van der Waals surface area contributed by atoms with Crippen molar-refractivity contribution in [2.75, 3.05) is 13.7 Å². The molecule has 1 atom stereocenters. The second-order valence-electron chi connectivity index (χ2n) is 6.85. The number of carbonyl (C=O) groups excluding carboxylic acids is 2. The topological polar surface area (TPSA) is 67.4 Å². The molecule has 0 aliphatic carbocycles. The van der Waals surface area contributed by atoms with Gasteiger partial charge in [-0.2, -0.15) is 0 Å². The molecule has 0 saturated heterocycles. The molecule has 0 aliphatic heterocycles. The van der Waals surface area contributed by atoms with Gasteiger partial charge in [-0.05, 0) is 34.9 Å². The fourth-order valence-electron chi connectivity index (χ4n) is 3.09. The molecular weight excluding hydrogens is 402 g/mol. The van der Waals surface area contributed by atoms with Gasteiger partial charge in [0.1, 0.15) is 11.8 Å². The SMILES string of the molecule is CNC(=O)C(NC(=O)COc1ccccc1Cc1ccccc1)c1ccc(F)c(F)c1. The molecule has 0 bridgehead atoms. The largest absolute Gasteiger partial charge is 0.483 e. The van der Waals surface area contributed by atoms with Crippen molar-refractivity contribution in [3.05, 3.63) is 101 Å². The number of hydrogen-bond acceptors (Lipinski definition) is 3. The molecule has 3 aromatic rings. The van der Waals surface area contributed by atoms with Gasteiger partial charge in [0.05, 0.1) is 0 Å². The van der Waals surface area contributed by atoms with E-state index in [1.165, 1.54) is 13.1 Å². The second-order valence-corrected chi connectivity index (χ2v) is 6.85. The Morgan fingerprint density at radius 3 is 2.35 bits per heavy atom. The average molecular weight is 424 g/mol. The standard InChI is InChI=1S/C24H22F2N2O3/c1-27-24(30)23(18-11-12-19(25)20(26)14-18)28-22(29)15-31-21-10-6-5-9-17(21)13-16-7-3-2-4-8-16/h2-12,14,23H,13,15H2,1H3,(H,27,30)(H,28,29). The Balaban J connectivity index is 1.68. The van der Waals surface area contributed by atoms with Crippen LogP contribution in [-0.4, -0.2) is 25.5 Å². The van der Waals surface area contributed by atoms with E-state index >= 15 is 0 Å². The first-order valence-corrected chi connectivity index (χ1v) is 9.68. The maximum absolute atomic E-state index is 13.6. The van der Waals surface area contributed by atoms with Crippen molar-refractivity contribution in [2.24, 2.45) is 0 Å². The van der Waals surface area contributed by atoms with E-state index in [0.717, 1.165) is 23.3 Å². The van der Waals surface area contributed by atoms with Crippen LogP contribution in [0.5, 0.6) is 5.75 Å². The molecule has 160 valence electrons. The Bertz CT molecular complexity index is 1060. The summed E-state index contributed by atoms with van der Waals surface area (Å²) in [6.07, 6.45) is 0.633. The number of halogens is 2. The zero-order chi connectivity index (χ0) is 22.2. The molecule has 1 unspecified atom stereocenters. The normalized spacial score (nSPS) is 11.5. The number of carbonyl (C=O) groups is 2. The van der Waals surface area contributed by atoms with Crippen LogP contribution in [0.4, 0.5) is 8.78 Å². The molecule has 7 heteroatoms. The van der Waals surface area contributed by atoms with Crippen molar-refractivity contribution in [2.45, 2.75) is 12.5 Å². The lowest BCUT2D eigenvalue weighted by Crippen LogP contribution is -2.41. The van der Waals surface area contributed by atoms with Crippen LogP contribution in [0.3, 0.4) is 0 Å². The summed E-state index contributed by atoms with van der Waals surface area (Å²) in [6, 6.07) is 19.0. The van der Waals surface area contributed by atoms with Crippen molar-refractivity contribution in [3.8, 4) is 5.75 Å². The number of rotatable bonds is 8. The number of nitrogens with one attached hydrogen (secondary N) is 2. The highest BCUT2D eigenvalue weighted by molar-refractivity contribution is 5.89. The van der Waals surface area contributed by atoms with Crippen molar-refractivity contribution < 1.29 is 23.1 Å². The molecule has 0 heterocycles. The molecule has 0 fully saturated rings. The number of amides is 2. The summed E-state index contributed by atoms with van der Waals surface area (Å²) in [5, 5.41) is 4.91. The van der Waals surface area contributed by atoms with Crippen molar-refractivity contribution >= 4 is 11.8 Å². The van der Waals surface area contributed by atoms with Crippen LogP contribution in [0, 0.1) is 11.6 Å². The summed E-state index contributed by atoms with van der Waals surface area (Å²) in [4.78, 5) is 24.7. The van der Waals surface area contributed by atoms with Crippen molar-refractivity contribution in [3.63, 3.8) is 0 Å². The lowest BCUT2D eigenvalue weighted by molar-refractivity contribution is -0.129. The summed E-state index contributed by atoms with van der Waals surface area (Å²) in [5.41, 5.74) is 2.13. The van der Waals surface area contributed by atoms with E-state index in [-0.39, 0.29) is 12.2 Å². The Kier molecular flexibility index (Phi) is 7.32. The minimum atomic E-state index is -1.18. The molecule has 31 heavy (non-hydrogen) atoms. The Morgan fingerprint density at radius 1 is 0.935 bits per heavy atom. The Labute approximate surface area is 179 Å². The Hall–Kier alpha value is -3.74. The van der Waals surface area contributed by atoms with Gasteiger partial charge in [-0.25, -0.2) is 8.78 Å². The van der Waals surface area contributed by atoms with Crippen LogP contribution >= 0.6 is 0 Å². The van der Waals surface area contributed by atoms with Gasteiger partial charge >= 0.3 is 0 Å². The molecular formula is C24H22F2N2O3. The minimum Gasteiger partial charge on any atom is -0.483 e. The zero-order valence-corrected chi connectivity index (χ0v) is 16.9. The first kappa shape index (κ1) is 22.0. The zero-order valence-electron chi connectivity index (χ0n) is 16.9. The number of benzene rings is 3. The summed E-state index contributed by atoms with van der Waals surface area (Å²) in [7, 11) is 1.39. The third-order valence-corrected chi connectivity index (χ3v) is 4.66. The molecule has 0 radical (unpaired) electrons. The highest BCUT2D eigenvalue weighted by atomic mass is 19.2. The van der Waals surface area contributed by atoms with Crippen LogP contribution in [0.1, 0.15) is 22.7 Å². The summed E-state index contributed by atoms with van der Waals surface area (Å²) in [6.45, 7) is -0.344. The molecule has 0 spiro atoms. The first-order valence-electron chi connectivity index (χ1n) is 9.68. The van der Waals surface area contributed by atoms with E-state index < -0.39 is 29.5 Å². The van der Waals surface area contributed by atoms with Gasteiger partial charge in [0.15, 0.2) is 18.2 Å². The molecule has 0 saturated carbocycles. The molecule has 2 amide bonds. The van der Waals surface area contributed by atoms with Gasteiger partial charge in [-0.1, -0.05) is 54.6 Å². The van der Waals surface area contributed by atoms with E-state index in [1.807, 2.05) is 42.5 Å². The van der Waals surface area contributed by atoms with E-state index in [0.29, 0.717) is 12.2 Å². The molecule has 2 N–H and O–H groups in total. The van der Waals surface area contributed by atoms with Gasteiger partial charge in [0.25, 0.3) is 5.91 Å². The fourth-order valence-corrected chi connectivity index (χ4v) is 3.09. The number of likely N-dealkylation sites (N-methyl/N-ethyl adjacent to an activating group) is 1. The Morgan fingerprint density at radius 2 is 1.65 bits per heavy atom. The lowest BCUT2D eigenvalue weighted by atomic mass is 10.0. The second kappa shape index (κ2) is 10.3. The van der Waals surface area contributed by atoms with Crippen molar-refractivity contribution in [1.29, 1.82) is 0 Å². The maximum Gasteiger partial charge on any atom is 0.258 e. The van der Waals surface area contributed by atoms with E-state index in [9.17, 15) is 18.4 Å². The van der Waals surface area contributed by atoms with Gasteiger partial charge in [-0.3, -0.25) is 9.59 Å². The van der Waals surface area contributed by atoms with E-state index in [1.54, 1.807) is 12.1 Å². The highest BCUT2D eigenvalue weighted by Gasteiger charge is 2.23.